The van der Waals surface area contributed by atoms with Gasteiger partial charge >= 0.3 is 6.48 Å². The summed E-state index contributed by atoms with van der Waals surface area (Å²) in [5.41, 5.74) is 0.745. The number of benzene rings is 2. The molecular formula is C17H10Cl4O5. The molecule has 1 aliphatic rings. The molecule has 0 aromatic heterocycles. The summed E-state index contributed by atoms with van der Waals surface area (Å²) in [5, 5.41) is 9.06. The average molecular weight is 436 g/mol. The largest absolute Gasteiger partial charge is 0.505 e. The molecule has 0 fully saturated rings. The Morgan fingerprint density at radius 1 is 1.08 bits per heavy atom. The SMILES string of the molecule is CC(=O)/C=C/c1ccc2c(c1)OC(Oc1c(Cl)c(Cl)c(O)c(Cl)c1Cl)O2. The van der Waals surface area contributed by atoms with E-state index < -0.39 is 12.2 Å². The summed E-state index contributed by atoms with van der Waals surface area (Å²) < 4.78 is 16.6. The summed E-state index contributed by atoms with van der Waals surface area (Å²) in [6.07, 6.45) is 3.08. The fourth-order valence-corrected chi connectivity index (χ4v) is 3.02. The van der Waals surface area contributed by atoms with E-state index in [2.05, 4.69) is 0 Å². The van der Waals surface area contributed by atoms with Crippen LogP contribution in [0, 0.1) is 0 Å². The summed E-state index contributed by atoms with van der Waals surface area (Å²) >= 11 is 23.9. The van der Waals surface area contributed by atoms with E-state index in [1.165, 1.54) is 13.0 Å². The minimum absolute atomic E-state index is 0.0748. The Kier molecular flexibility index (Phi) is 5.44. The number of phenols is 1. The maximum atomic E-state index is 11.0. The highest BCUT2D eigenvalue weighted by atomic mass is 35.5. The monoisotopic (exact) mass is 434 g/mol. The number of carbonyl (C=O) groups excluding carboxylic acids is 1. The molecule has 2 aromatic carbocycles. The molecule has 9 heteroatoms. The van der Waals surface area contributed by atoms with Crippen molar-refractivity contribution >= 4 is 58.3 Å². The van der Waals surface area contributed by atoms with Crippen LogP contribution in [-0.4, -0.2) is 17.4 Å². The second-order valence-corrected chi connectivity index (χ2v) is 6.74. The van der Waals surface area contributed by atoms with Gasteiger partial charge in [0.1, 0.15) is 20.1 Å². The molecule has 2 aromatic rings. The number of rotatable bonds is 4. The number of aromatic hydroxyl groups is 1. The van der Waals surface area contributed by atoms with Gasteiger partial charge in [0.05, 0.1) is 0 Å². The molecule has 0 saturated carbocycles. The van der Waals surface area contributed by atoms with Gasteiger partial charge in [-0.3, -0.25) is 4.79 Å². The molecular weight excluding hydrogens is 426 g/mol. The Bertz CT molecular complexity index is 897. The number of phenolic OH excluding ortho intramolecular Hbond substituents is 1. The van der Waals surface area contributed by atoms with Gasteiger partial charge < -0.3 is 19.3 Å². The highest BCUT2D eigenvalue weighted by molar-refractivity contribution is 6.50. The van der Waals surface area contributed by atoms with Crippen molar-refractivity contribution in [3.8, 4) is 23.0 Å². The number of hydrogen-bond donors (Lipinski definition) is 1. The number of halogens is 4. The van der Waals surface area contributed by atoms with Crippen LogP contribution in [-0.2, 0) is 4.79 Å². The predicted octanol–water partition coefficient (Wildman–Crippen LogP) is 5.74. The van der Waals surface area contributed by atoms with Crippen LogP contribution in [0.15, 0.2) is 24.3 Å². The zero-order valence-corrected chi connectivity index (χ0v) is 16.1. The van der Waals surface area contributed by atoms with Gasteiger partial charge in [-0.1, -0.05) is 58.5 Å². The lowest BCUT2D eigenvalue weighted by molar-refractivity contribution is -0.113. The third-order valence-corrected chi connectivity index (χ3v) is 4.99. The van der Waals surface area contributed by atoms with Crippen molar-refractivity contribution < 1.29 is 24.1 Å². The minimum Gasteiger partial charge on any atom is -0.505 e. The molecule has 1 aliphatic heterocycles. The quantitative estimate of drug-likeness (QED) is 0.489. The smallest absolute Gasteiger partial charge is 0.406 e. The summed E-state index contributed by atoms with van der Waals surface area (Å²) in [6.45, 7) is 0.262. The van der Waals surface area contributed by atoms with Crippen LogP contribution in [0.5, 0.6) is 23.0 Å². The number of fused-ring (bicyclic) bond motifs is 1. The van der Waals surface area contributed by atoms with Crippen LogP contribution in [0.25, 0.3) is 6.08 Å². The summed E-state index contributed by atoms with van der Waals surface area (Å²) in [5.74, 6) is 0.223. The lowest BCUT2D eigenvalue weighted by Gasteiger charge is -2.16. The zero-order valence-electron chi connectivity index (χ0n) is 13.1. The zero-order chi connectivity index (χ0) is 19.0. The van der Waals surface area contributed by atoms with Gasteiger partial charge in [0.2, 0.25) is 0 Å². The molecule has 1 N–H and O–H groups in total. The van der Waals surface area contributed by atoms with Crippen LogP contribution in [0.3, 0.4) is 0 Å². The number of carbonyl (C=O) groups is 1. The van der Waals surface area contributed by atoms with E-state index in [0.29, 0.717) is 11.5 Å². The molecule has 0 amide bonds. The van der Waals surface area contributed by atoms with Gasteiger partial charge in [-0.05, 0) is 30.7 Å². The Balaban J connectivity index is 1.83. The van der Waals surface area contributed by atoms with Crippen molar-refractivity contribution in [2.75, 3.05) is 0 Å². The Labute approximate surface area is 168 Å². The fraction of sp³-hybridized carbons (Fsp3) is 0.118. The maximum absolute atomic E-state index is 11.0. The van der Waals surface area contributed by atoms with Gasteiger partial charge in [-0.2, -0.15) is 0 Å². The minimum atomic E-state index is -1.19. The van der Waals surface area contributed by atoms with Gasteiger partial charge in [-0.15, -0.1) is 0 Å². The molecule has 26 heavy (non-hydrogen) atoms. The molecule has 0 bridgehead atoms. The standard InChI is InChI=1S/C17H10Cl4O5/c1-7(22)2-3-8-4-5-9-10(6-8)25-17(24-9)26-16-13(20)11(18)15(23)12(19)14(16)21/h2-6,17,23H,1H3/b3-2+. The first-order valence-corrected chi connectivity index (χ1v) is 8.66. The molecule has 1 unspecified atom stereocenters. The first-order valence-electron chi connectivity index (χ1n) is 7.15. The number of ketones is 1. The topological polar surface area (TPSA) is 65.0 Å². The molecule has 0 saturated heterocycles. The maximum Gasteiger partial charge on any atom is 0.406 e. The Morgan fingerprint density at radius 3 is 2.31 bits per heavy atom. The third kappa shape index (κ3) is 3.67. The summed E-state index contributed by atoms with van der Waals surface area (Å²) in [7, 11) is 0. The van der Waals surface area contributed by atoms with E-state index >= 15 is 0 Å². The molecule has 3 rings (SSSR count). The van der Waals surface area contributed by atoms with Gasteiger partial charge in [0.15, 0.2) is 28.8 Å². The van der Waals surface area contributed by atoms with Crippen molar-refractivity contribution in [2.24, 2.45) is 0 Å². The molecule has 1 atom stereocenters. The van der Waals surface area contributed by atoms with E-state index in [-0.39, 0.29) is 31.6 Å². The highest BCUT2D eigenvalue weighted by Crippen LogP contribution is 2.50. The van der Waals surface area contributed by atoms with Crippen LogP contribution in [0.2, 0.25) is 20.1 Å². The summed E-state index contributed by atoms with van der Waals surface area (Å²) in [6, 6.07) is 5.09. The van der Waals surface area contributed by atoms with Gasteiger partial charge in [0, 0.05) is 0 Å². The van der Waals surface area contributed by atoms with E-state index in [1.807, 2.05) is 0 Å². The number of ether oxygens (including phenoxy) is 3. The van der Waals surface area contributed by atoms with Crippen LogP contribution in [0.4, 0.5) is 0 Å². The molecule has 5 nitrogen and oxygen atoms in total. The van der Waals surface area contributed by atoms with Crippen molar-refractivity contribution in [1.29, 1.82) is 0 Å². The van der Waals surface area contributed by atoms with Crippen LogP contribution < -0.4 is 14.2 Å². The fourth-order valence-electron chi connectivity index (χ4n) is 2.11. The van der Waals surface area contributed by atoms with Crippen LogP contribution >= 0.6 is 46.4 Å². The van der Waals surface area contributed by atoms with Crippen molar-refractivity contribution in [3.05, 3.63) is 49.9 Å². The third-order valence-electron chi connectivity index (χ3n) is 3.34. The second kappa shape index (κ2) is 7.45. The highest BCUT2D eigenvalue weighted by Gasteiger charge is 2.30. The lowest BCUT2D eigenvalue weighted by Crippen LogP contribution is -2.25. The van der Waals surface area contributed by atoms with E-state index in [9.17, 15) is 9.90 Å². The molecule has 0 aliphatic carbocycles. The molecule has 0 radical (unpaired) electrons. The van der Waals surface area contributed by atoms with Gasteiger partial charge in [-0.25, -0.2) is 0 Å². The van der Waals surface area contributed by atoms with Crippen molar-refractivity contribution in [3.63, 3.8) is 0 Å². The second-order valence-electron chi connectivity index (χ2n) is 5.23. The number of hydrogen-bond acceptors (Lipinski definition) is 5. The first-order chi connectivity index (χ1) is 12.3. The van der Waals surface area contributed by atoms with Crippen LogP contribution in [0.1, 0.15) is 12.5 Å². The van der Waals surface area contributed by atoms with Gasteiger partial charge in [0.25, 0.3) is 0 Å². The number of allylic oxidation sites excluding steroid dienone is 1. The van der Waals surface area contributed by atoms with E-state index in [1.54, 1.807) is 24.3 Å². The Hall–Kier alpha value is -1.79. The molecule has 1 heterocycles. The first kappa shape index (κ1) is 19.0. The Morgan fingerprint density at radius 2 is 1.69 bits per heavy atom. The average Bonchev–Trinajstić information content (AvgIpc) is 3.02. The molecule has 0 spiro atoms. The van der Waals surface area contributed by atoms with E-state index in [0.717, 1.165) is 5.56 Å². The van der Waals surface area contributed by atoms with Crippen molar-refractivity contribution in [2.45, 2.75) is 13.4 Å². The lowest BCUT2D eigenvalue weighted by atomic mass is 10.2. The van der Waals surface area contributed by atoms with E-state index in [4.69, 9.17) is 60.6 Å². The van der Waals surface area contributed by atoms with Crippen molar-refractivity contribution in [1.82, 2.24) is 0 Å². The summed E-state index contributed by atoms with van der Waals surface area (Å²) in [4.78, 5) is 11.0. The normalized spacial score (nSPS) is 15.5. The predicted molar refractivity (Wildman–Crippen MR) is 100.0 cm³/mol. The molecule has 136 valence electrons.